The van der Waals surface area contributed by atoms with Crippen molar-refractivity contribution in [3.05, 3.63) is 70.3 Å². The summed E-state index contributed by atoms with van der Waals surface area (Å²) in [7, 11) is 1.58. The lowest BCUT2D eigenvalue weighted by Gasteiger charge is -2.20. The topological polar surface area (TPSA) is 124 Å². The molecule has 2 amide bonds. The Morgan fingerprint density at radius 2 is 2.03 bits per heavy atom. The number of carbonyl (C=O) groups is 2. The van der Waals surface area contributed by atoms with Gasteiger partial charge in [-0.1, -0.05) is 29.8 Å². The first-order chi connectivity index (χ1) is 15.4. The minimum Gasteiger partial charge on any atom is -0.489 e. The van der Waals surface area contributed by atoms with Crippen molar-refractivity contribution in [2.45, 2.75) is 26.3 Å². The molecule has 3 aromatic rings. The number of carbonyl (C=O) groups excluding carboxylic acids is 2. The van der Waals surface area contributed by atoms with E-state index in [0.717, 1.165) is 16.7 Å². The number of benzene rings is 2. The van der Waals surface area contributed by atoms with Crippen LogP contribution in [-0.2, 0) is 11.2 Å². The predicted molar refractivity (Wildman–Crippen MR) is 116 cm³/mol. The number of anilines is 1. The Morgan fingerprint density at radius 1 is 1.28 bits per heavy atom. The summed E-state index contributed by atoms with van der Waals surface area (Å²) in [5, 5.41) is 19.9. The molecule has 2 N–H and O–H groups in total. The molecule has 1 aliphatic rings. The number of nitrogens with one attached hydrogen (secondary N) is 2. The van der Waals surface area contributed by atoms with E-state index in [-0.39, 0.29) is 18.3 Å². The van der Waals surface area contributed by atoms with E-state index in [4.69, 9.17) is 4.74 Å². The molecule has 1 atom stereocenters. The molecule has 4 rings (SSSR count). The van der Waals surface area contributed by atoms with Crippen molar-refractivity contribution < 1.29 is 14.3 Å². The summed E-state index contributed by atoms with van der Waals surface area (Å²) in [6.45, 7) is 3.77. The number of hydrogen-bond acceptors (Lipinski definition) is 6. The average Bonchev–Trinajstić information content (AvgIpc) is 3.22. The molecule has 9 nitrogen and oxygen atoms in total. The number of aryl methyl sites for hydroxylation is 2. The molecular weight excluding hydrogens is 408 g/mol. The van der Waals surface area contributed by atoms with Gasteiger partial charge in [0.1, 0.15) is 24.2 Å². The van der Waals surface area contributed by atoms with Gasteiger partial charge in [0.2, 0.25) is 5.82 Å². The molecule has 2 heterocycles. The zero-order chi connectivity index (χ0) is 22.8. The first kappa shape index (κ1) is 21.1. The largest absolute Gasteiger partial charge is 0.489 e. The van der Waals surface area contributed by atoms with Crippen LogP contribution in [0.25, 0.3) is 0 Å². The van der Waals surface area contributed by atoms with Crippen LogP contribution in [0.5, 0.6) is 5.75 Å². The van der Waals surface area contributed by atoms with E-state index >= 15 is 0 Å². The second kappa shape index (κ2) is 8.51. The molecule has 0 unspecified atom stereocenters. The van der Waals surface area contributed by atoms with Crippen molar-refractivity contribution in [3.63, 3.8) is 0 Å². The van der Waals surface area contributed by atoms with Gasteiger partial charge in [-0.15, -0.1) is 10.2 Å². The maximum absolute atomic E-state index is 12.9. The van der Waals surface area contributed by atoms with Gasteiger partial charge >= 0.3 is 0 Å². The number of hydrogen-bond donors (Lipinski definition) is 2. The summed E-state index contributed by atoms with van der Waals surface area (Å²) < 4.78 is 5.78. The van der Waals surface area contributed by atoms with Crippen LogP contribution in [0.15, 0.2) is 36.4 Å². The Bertz CT molecular complexity index is 1230. The van der Waals surface area contributed by atoms with Gasteiger partial charge in [0, 0.05) is 13.5 Å². The van der Waals surface area contributed by atoms with Crippen molar-refractivity contribution in [2.24, 2.45) is 0 Å². The highest BCUT2D eigenvalue weighted by Gasteiger charge is 2.32. The SMILES string of the molecule is Cc1ccc(Cc2nnc(C(=O)N[C@H]3COc4cc(C)c(C#N)cc4N(C)C3=O)[nH]2)cc1. The molecule has 0 spiro atoms. The second-order valence-corrected chi connectivity index (χ2v) is 7.76. The van der Waals surface area contributed by atoms with Crippen molar-refractivity contribution in [2.75, 3.05) is 18.6 Å². The van der Waals surface area contributed by atoms with E-state index in [9.17, 15) is 14.9 Å². The van der Waals surface area contributed by atoms with E-state index in [1.54, 1.807) is 26.1 Å². The standard InChI is InChI=1S/C23H22N6O3/c1-13-4-6-15(7-5-13)9-20-26-21(28-27-20)22(30)25-17-12-32-19-8-14(2)16(11-24)10-18(19)29(3)23(17)31/h4-8,10,17H,9,12H2,1-3H3,(H,25,30)(H,26,27,28)/t17-/m0/s1. The molecular formula is C23H22N6O3. The smallest absolute Gasteiger partial charge is 0.289 e. The Balaban J connectivity index is 1.47. The lowest BCUT2D eigenvalue weighted by atomic mass is 10.1. The maximum atomic E-state index is 12.9. The van der Waals surface area contributed by atoms with Crippen LogP contribution >= 0.6 is 0 Å². The van der Waals surface area contributed by atoms with Crippen molar-refractivity contribution in [3.8, 4) is 11.8 Å². The Labute approximate surface area is 185 Å². The van der Waals surface area contributed by atoms with Crippen LogP contribution in [0.2, 0.25) is 0 Å². The molecule has 0 radical (unpaired) electrons. The minimum atomic E-state index is -0.920. The van der Waals surface area contributed by atoms with E-state index in [2.05, 4.69) is 26.6 Å². The lowest BCUT2D eigenvalue weighted by Crippen LogP contribution is -2.49. The van der Waals surface area contributed by atoms with Gasteiger partial charge in [-0.2, -0.15) is 5.26 Å². The summed E-state index contributed by atoms with van der Waals surface area (Å²) in [5.41, 5.74) is 3.88. The number of ether oxygens (including phenoxy) is 1. The number of amides is 2. The van der Waals surface area contributed by atoms with E-state index < -0.39 is 11.9 Å². The Morgan fingerprint density at radius 3 is 2.75 bits per heavy atom. The van der Waals surface area contributed by atoms with Crippen molar-refractivity contribution in [1.82, 2.24) is 20.5 Å². The highest BCUT2D eigenvalue weighted by Crippen LogP contribution is 2.33. The quantitative estimate of drug-likeness (QED) is 0.653. The third-order valence-corrected chi connectivity index (χ3v) is 5.37. The first-order valence-corrected chi connectivity index (χ1v) is 10.1. The molecule has 2 aromatic carbocycles. The fourth-order valence-electron chi connectivity index (χ4n) is 3.47. The van der Waals surface area contributed by atoms with Gasteiger partial charge < -0.3 is 19.9 Å². The zero-order valence-corrected chi connectivity index (χ0v) is 18.0. The summed E-state index contributed by atoms with van der Waals surface area (Å²) in [6, 6.07) is 12.5. The molecule has 0 saturated carbocycles. The number of rotatable bonds is 4. The van der Waals surface area contributed by atoms with E-state index in [0.29, 0.717) is 29.2 Å². The number of aromatic amines is 1. The summed E-state index contributed by atoms with van der Waals surface area (Å²) >= 11 is 0. The van der Waals surface area contributed by atoms with Gasteiger partial charge in [0.25, 0.3) is 11.8 Å². The first-order valence-electron chi connectivity index (χ1n) is 10.1. The number of aromatic nitrogens is 3. The fraction of sp³-hybridized carbons (Fsp3) is 0.261. The molecule has 0 bridgehead atoms. The van der Waals surface area contributed by atoms with Gasteiger partial charge in [-0.05, 0) is 37.1 Å². The van der Waals surface area contributed by atoms with Crippen LogP contribution in [-0.4, -0.2) is 46.7 Å². The fourth-order valence-corrected chi connectivity index (χ4v) is 3.47. The molecule has 1 aromatic heterocycles. The van der Waals surface area contributed by atoms with Crippen LogP contribution in [0.3, 0.4) is 0 Å². The van der Waals surface area contributed by atoms with Gasteiger partial charge in [0.05, 0.1) is 17.3 Å². The summed E-state index contributed by atoms with van der Waals surface area (Å²) in [4.78, 5) is 29.9. The molecule has 0 saturated heterocycles. The lowest BCUT2D eigenvalue weighted by molar-refractivity contribution is -0.120. The third kappa shape index (κ3) is 4.16. The van der Waals surface area contributed by atoms with E-state index in [1.807, 2.05) is 31.2 Å². The predicted octanol–water partition coefficient (Wildman–Crippen LogP) is 2.04. The van der Waals surface area contributed by atoms with Crippen LogP contribution in [0.4, 0.5) is 5.69 Å². The van der Waals surface area contributed by atoms with Crippen molar-refractivity contribution >= 4 is 17.5 Å². The monoisotopic (exact) mass is 430 g/mol. The number of likely N-dealkylation sites (N-methyl/N-ethyl adjacent to an activating group) is 1. The van der Waals surface area contributed by atoms with Gasteiger partial charge in [-0.3, -0.25) is 9.59 Å². The molecule has 0 aliphatic carbocycles. The summed E-state index contributed by atoms with van der Waals surface area (Å²) in [6.07, 6.45) is 0.505. The van der Waals surface area contributed by atoms with Crippen LogP contribution in [0, 0.1) is 25.2 Å². The third-order valence-electron chi connectivity index (χ3n) is 5.37. The molecule has 0 fully saturated rings. The average molecular weight is 430 g/mol. The minimum absolute atomic E-state index is 0.0203. The second-order valence-electron chi connectivity index (χ2n) is 7.76. The highest BCUT2D eigenvalue weighted by molar-refractivity contribution is 6.02. The van der Waals surface area contributed by atoms with Gasteiger partial charge in [0.15, 0.2) is 0 Å². The highest BCUT2D eigenvalue weighted by atomic mass is 16.5. The summed E-state index contributed by atoms with van der Waals surface area (Å²) in [5.74, 6) is 0.139. The molecule has 32 heavy (non-hydrogen) atoms. The van der Waals surface area contributed by atoms with E-state index in [1.165, 1.54) is 4.90 Å². The van der Waals surface area contributed by atoms with Crippen LogP contribution < -0.4 is 15.0 Å². The Hall–Kier alpha value is -4.19. The number of nitriles is 1. The molecule has 9 heteroatoms. The normalized spacial score (nSPS) is 15.4. The number of H-pyrrole nitrogens is 1. The number of nitrogens with zero attached hydrogens (tertiary/aromatic N) is 4. The zero-order valence-electron chi connectivity index (χ0n) is 18.0. The molecule has 1 aliphatic heterocycles. The number of fused-ring (bicyclic) bond motifs is 1. The van der Waals surface area contributed by atoms with Crippen LogP contribution in [0.1, 0.15) is 38.7 Å². The molecule has 162 valence electrons. The maximum Gasteiger partial charge on any atom is 0.289 e. The van der Waals surface area contributed by atoms with Gasteiger partial charge in [-0.25, -0.2) is 0 Å². The Kier molecular flexibility index (Phi) is 5.60. The van der Waals surface area contributed by atoms with Crippen molar-refractivity contribution in [1.29, 1.82) is 5.26 Å².